The predicted octanol–water partition coefficient (Wildman–Crippen LogP) is -0.0107. The number of aliphatic hydroxyl groups is 1. The molecule has 2 amide bonds. The molecule has 0 saturated carbocycles. The molecule has 22 heavy (non-hydrogen) atoms. The maximum absolute atomic E-state index is 12.1. The van der Waals surface area contributed by atoms with E-state index in [9.17, 15) is 9.59 Å². The van der Waals surface area contributed by atoms with Crippen molar-refractivity contribution in [2.45, 2.75) is 18.9 Å². The second-order valence-electron chi connectivity index (χ2n) is 5.40. The number of hydrogen-bond donors (Lipinski definition) is 3. The largest absolute Gasteiger partial charge is 0.395 e. The van der Waals surface area contributed by atoms with Crippen molar-refractivity contribution in [1.82, 2.24) is 15.5 Å². The zero-order valence-electron chi connectivity index (χ0n) is 12.6. The fraction of sp³-hybridized carbons (Fsp3) is 0.500. The summed E-state index contributed by atoms with van der Waals surface area (Å²) in [7, 11) is 0. The molecule has 0 aromatic heterocycles. The van der Waals surface area contributed by atoms with Crippen LogP contribution in [0.1, 0.15) is 23.2 Å². The molecule has 1 aromatic carbocycles. The van der Waals surface area contributed by atoms with Crippen LogP contribution in [0.15, 0.2) is 30.3 Å². The van der Waals surface area contributed by atoms with Crippen LogP contribution in [-0.2, 0) is 4.79 Å². The normalized spacial score (nSPS) is 18.0. The summed E-state index contributed by atoms with van der Waals surface area (Å²) in [4.78, 5) is 25.7. The Morgan fingerprint density at radius 2 is 2.09 bits per heavy atom. The van der Waals surface area contributed by atoms with E-state index in [0.717, 1.165) is 0 Å². The van der Waals surface area contributed by atoms with Crippen molar-refractivity contribution in [3.63, 3.8) is 0 Å². The lowest BCUT2D eigenvalue weighted by Gasteiger charge is -2.32. The summed E-state index contributed by atoms with van der Waals surface area (Å²) in [6, 6.07) is 8.99. The van der Waals surface area contributed by atoms with E-state index in [1.807, 2.05) is 18.2 Å². The Morgan fingerprint density at radius 1 is 1.32 bits per heavy atom. The first-order chi connectivity index (χ1) is 10.7. The summed E-state index contributed by atoms with van der Waals surface area (Å²) in [6.45, 7) is 2.45. The van der Waals surface area contributed by atoms with E-state index in [1.165, 1.54) is 0 Å². The van der Waals surface area contributed by atoms with Gasteiger partial charge in [-0.05, 0) is 18.6 Å². The van der Waals surface area contributed by atoms with Gasteiger partial charge in [-0.3, -0.25) is 9.59 Å². The number of hydrogen-bond acceptors (Lipinski definition) is 4. The molecule has 1 heterocycles. The van der Waals surface area contributed by atoms with Gasteiger partial charge in [0.05, 0.1) is 6.61 Å². The van der Waals surface area contributed by atoms with Gasteiger partial charge in [-0.25, -0.2) is 0 Å². The van der Waals surface area contributed by atoms with E-state index < -0.39 is 0 Å². The zero-order chi connectivity index (χ0) is 15.8. The highest BCUT2D eigenvalue weighted by molar-refractivity contribution is 5.94. The summed E-state index contributed by atoms with van der Waals surface area (Å²) >= 11 is 0. The fourth-order valence-electron chi connectivity index (χ4n) is 2.47. The first kappa shape index (κ1) is 16.5. The van der Waals surface area contributed by atoms with Crippen LogP contribution in [0.4, 0.5) is 0 Å². The van der Waals surface area contributed by atoms with E-state index in [-0.39, 0.29) is 24.5 Å². The molecule has 2 rings (SSSR count). The van der Waals surface area contributed by atoms with Crippen LogP contribution in [0.25, 0.3) is 0 Å². The van der Waals surface area contributed by atoms with Gasteiger partial charge in [0.2, 0.25) is 5.91 Å². The molecule has 1 aromatic rings. The molecule has 6 heteroatoms. The Labute approximate surface area is 130 Å². The maximum Gasteiger partial charge on any atom is 0.251 e. The molecule has 3 N–H and O–H groups in total. The number of benzene rings is 1. The summed E-state index contributed by atoms with van der Waals surface area (Å²) in [5, 5.41) is 15.1. The van der Waals surface area contributed by atoms with Crippen molar-refractivity contribution in [2.24, 2.45) is 0 Å². The molecule has 1 aliphatic heterocycles. The molecule has 6 nitrogen and oxygen atoms in total. The Balaban J connectivity index is 1.66. The Morgan fingerprint density at radius 3 is 2.82 bits per heavy atom. The van der Waals surface area contributed by atoms with Crippen LogP contribution in [-0.4, -0.2) is 60.6 Å². The molecule has 1 saturated heterocycles. The molecular weight excluding hydrogens is 282 g/mol. The number of carbonyl (C=O) groups excluding carboxylic acids is 2. The quantitative estimate of drug-likeness (QED) is 0.646. The van der Waals surface area contributed by atoms with Crippen LogP contribution in [0.5, 0.6) is 0 Å². The second kappa shape index (κ2) is 8.51. The van der Waals surface area contributed by atoms with Crippen LogP contribution < -0.4 is 10.6 Å². The average Bonchev–Trinajstić information content (AvgIpc) is 2.59. The number of piperazine rings is 1. The number of nitrogens with zero attached hydrogens (tertiary/aromatic N) is 1. The molecule has 1 atom stereocenters. The lowest BCUT2D eigenvalue weighted by Crippen LogP contribution is -2.54. The van der Waals surface area contributed by atoms with E-state index >= 15 is 0 Å². The van der Waals surface area contributed by atoms with Gasteiger partial charge < -0.3 is 20.6 Å². The Bertz CT molecular complexity index is 493. The second-order valence-corrected chi connectivity index (χ2v) is 5.40. The molecule has 120 valence electrons. The maximum atomic E-state index is 12.1. The van der Waals surface area contributed by atoms with Crippen molar-refractivity contribution >= 4 is 11.8 Å². The SMILES string of the molecule is O=C(NCCCC(=O)N1CCN[C@H](CO)C1)c1ccccc1. The summed E-state index contributed by atoms with van der Waals surface area (Å²) in [5.74, 6) is -0.0375. The lowest BCUT2D eigenvalue weighted by molar-refractivity contribution is -0.132. The molecule has 0 spiro atoms. The molecule has 0 radical (unpaired) electrons. The molecule has 0 unspecified atom stereocenters. The number of amides is 2. The van der Waals surface area contributed by atoms with E-state index in [4.69, 9.17) is 5.11 Å². The summed E-state index contributed by atoms with van der Waals surface area (Å²) in [6.07, 6.45) is 1.03. The third-order valence-electron chi connectivity index (χ3n) is 3.72. The van der Waals surface area contributed by atoms with Gasteiger partial charge in [-0.1, -0.05) is 18.2 Å². The van der Waals surface area contributed by atoms with E-state index in [1.54, 1.807) is 17.0 Å². The van der Waals surface area contributed by atoms with Gasteiger partial charge in [0.1, 0.15) is 0 Å². The smallest absolute Gasteiger partial charge is 0.251 e. The predicted molar refractivity (Wildman–Crippen MR) is 83.5 cm³/mol. The van der Waals surface area contributed by atoms with Crippen molar-refractivity contribution in [3.8, 4) is 0 Å². The van der Waals surface area contributed by atoms with Crippen molar-refractivity contribution in [1.29, 1.82) is 0 Å². The third-order valence-corrected chi connectivity index (χ3v) is 3.72. The molecule has 0 bridgehead atoms. The fourth-order valence-corrected chi connectivity index (χ4v) is 2.47. The van der Waals surface area contributed by atoms with Gasteiger partial charge in [-0.15, -0.1) is 0 Å². The van der Waals surface area contributed by atoms with E-state index in [2.05, 4.69) is 10.6 Å². The average molecular weight is 305 g/mol. The minimum absolute atomic E-state index is 0.0320. The molecule has 0 aliphatic carbocycles. The van der Waals surface area contributed by atoms with Gasteiger partial charge in [0.15, 0.2) is 0 Å². The number of carbonyl (C=O) groups is 2. The molecule has 1 fully saturated rings. The van der Waals surface area contributed by atoms with Crippen molar-refractivity contribution < 1.29 is 14.7 Å². The number of aliphatic hydroxyl groups excluding tert-OH is 1. The number of rotatable bonds is 6. The topological polar surface area (TPSA) is 81.7 Å². The highest BCUT2D eigenvalue weighted by Crippen LogP contribution is 2.04. The Hall–Kier alpha value is -1.92. The monoisotopic (exact) mass is 305 g/mol. The van der Waals surface area contributed by atoms with Gasteiger partial charge in [0.25, 0.3) is 5.91 Å². The van der Waals surface area contributed by atoms with Gasteiger partial charge in [-0.2, -0.15) is 0 Å². The summed E-state index contributed by atoms with van der Waals surface area (Å²) in [5.41, 5.74) is 0.627. The highest BCUT2D eigenvalue weighted by Gasteiger charge is 2.21. The zero-order valence-corrected chi connectivity index (χ0v) is 12.6. The van der Waals surface area contributed by atoms with Crippen LogP contribution in [0.2, 0.25) is 0 Å². The lowest BCUT2D eigenvalue weighted by atomic mass is 10.2. The van der Waals surface area contributed by atoms with Gasteiger partial charge in [0, 0.05) is 44.2 Å². The minimum Gasteiger partial charge on any atom is -0.395 e. The van der Waals surface area contributed by atoms with E-state index in [0.29, 0.717) is 44.6 Å². The molecular formula is C16H23N3O3. The standard InChI is InChI=1S/C16H23N3O3/c20-12-14-11-19(10-9-17-14)15(21)7-4-8-18-16(22)13-5-2-1-3-6-13/h1-3,5-6,14,17,20H,4,7-12H2,(H,18,22)/t14-/m0/s1. The van der Waals surface area contributed by atoms with Gasteiger partial charge >= 0.3 is 0 Å². The first-order valence-electron chi connectivity index (χ1n) is 7.66. The highest BCUT2D eigenvalue weighted by atomic mass is 16.3. The van der Waals surface area contributed by atoms with Crippen LogP contribution in [0, 0.1) is 0 Å². The Kier molecular flexibility index (Phi) is 6.36. The first-order valence-corrected chi connectivity index (χ1v) is 7.66. The van der Waals surface area contributed by atoms with Crippen molar-refractivity contribution in [3.05, 3.63) is 35.9 Å². The van der Waals surface area contributed by atoms with Crippen molar-refractivity contribution in [2.75, 3.05) is 32.8 Å². The minimum atomic E-state index is -0.115. The third kappa shape index (κ3) is 4.82. The summed E-state index contributed by atoms with van der Waals surface area (Å²) < 4.78 is 0. The molecule has 1 aliphatic rings. The van der Waals surface area contributed by atoms with Crippen LogP contribution in [0.3, 0.4) is 0 Å². The number of nitrogens with one attached hydrogen (secondary N) is 2. The van der Waals surface area contributed by atoms with Crippen LogP contribution >= 0.6 is 0 Å².